The van der Waals surface area contributed by atoms with Crippen LogP contribution >= 0.6 is 0 Å². The van der Waals surface area contributed by atoms with Crippen LogP contribution < -0.4 is 19.9 Å². The Morgan fingerprint density at radius 2 is 1.62 bits per heavy atom. The summed E-state index contributed by atoms with van der Waals surface area (Å²) in [6.45, 7) is 0.219. The topological polar surface area (TPSA) is 84.4 Å². The van der Waals surface area contributed by atoms with Crippen molar-refractivity contribution in [1.82, 2.24) is 14.8 Å². The zero-order chi connectivity index (χ0) is 21.5. The van der Waals surface area contributed by atoms with Crippen LogP contribution in [0, 0.1) is 0 Å². The first-order valence-electron chi connectivity index (χ1n) is 10.1. The molecule has 0 fully saturated rings. The van der Waals surface area contributed by atoms with Gasteiger partial charge < -0.3 is 19.9 Å². The van der Waals surface area contributed by atoms with Crippen molar-refractivity contribution < 1.29 is 14.2 Å². The van der Waals surface area contributed by atoms with Crippen LogP contribution in [0.25, 0.3) is 27.7 Å². The number of hydrogen-bond acceptors (Lipinski definition) is 6. The van der Waals surface area contributed by atoms with Gasteiger partial charge in [-0.15, -0.1) is 5.10 Å². The number of nitrogens with zero attached hydrogens (tertiary/aromatic N) is 3. The van der Waals surface area contributed by atoms with E-state index in [4.69, 9.17) is 19.9 Å². The summed E-state index contributed by atoms with van der Waals surface area (Å²) in [6.07, 6.45) is 3.57. The number of benzene rings is 3. The van der Waals surface area contributed by atoms with E-state index in [1.54, 1.807) is 17.1 Å². The predicted molar refractivity (Wildman–Crippen MR) is 121 cm³/mol. The quantitative estimate of drug-likeness (QED) is 0.429. The molecule has 0 unspecified atom stereocenters. The highest BCUT2D eigenvalue weighted by molar-refractivity contribution is 6.01. The van der Waals surface area contributed by atoms with Crippen LogP contribution in [0.2, 0.25) is 0 Å². The molecular formula is C25H18N4O3. The van der Waals surface area contributed by atoms with Crippen LogP contribution in [0.5, 0.6) is 23.0 Å². The Morgan fingerprint density at radius 1 is 0.844 bits per heavy atom. The Hall–Kier alpha value is -4.52. The van der Waals surface area contributed by atoms with Crippen molar-refractivity contribution in [2.75, 3.05) is 12.5 Å². The third-order valence-corrected chi connectivity index (χ3v) is 5.36. The van der Waals surface area contributed by atoms with Crippen LogP contribution in [0.3, 0.4) is 0 Å². The summed E-state index contributed by atoms with van der Waals surface area (Å²) in [5, 5.41) is 5.42. The van der Waals surface area contributed by atoms with Gasteiger partial charge in [0.25, 0.3) is 0 Å². The number of nitrogens with two attached hydrogens (primary N) is 1. The van der Waals surface area contributed by atoms with Gasteiger partial charge in [0.05, 0.1) is 22.8 Å². The molecule has 3 heterocycles. The normalized spacial score (nSPS) is 12.2. The Bertz CT molecular complexity index is 1430. The minimum absolute atomic E-state index is 0.219. The summed E-state index contributed by atoms with van der Waals surface area (Å²) in [4.78, 5) is 4.45. The average Bonchev–Trinajstić information content (AvgIpc) is 3.44. The molecule has 6 rings (SSSR count). The second-order valence-electron chi connectivity index (χ2n) is 7.36. The zero-order valence-corrected chi connectivity index (χ0v) is 16.9. The van der Waals surface area contributed by atoms with Crippen LogP contribution in [-0.4, -0.2) is 21.6 Å². The predicted octanol–water partition coefficient (Wildman–Crippen LogP) is 5.19. The lowest BCUT2D eigenvalue weighted by Crippen LogP contribution is -1.97. The van der Waals surface area contributed by atoms with Crippen LogP contribution in [0.4, 0.5) is 5.82 Å². The van der Waals surface area contributed by atoms with Crippen molar-refractivity contribution in [3.8, 4) is 39.8 Å². The van der Waals surface area contributed by atoms with Crippen molar-refractivity contribution in [3.05, 3.63) is 85.2 Å². The van der Waals surface area contributed by atoms with Gasteiger partial charge in [0.2, 0.25) is 6.79 Å². The average molecular weight is 422 g/mol. The highest BCUT2D eigenvalue weighted by Crippen LogP contribution is 2.37. The first-order chi connectivity index (χ1) is 15.8. The van der Waals surface area contributed by atoms with Gasteiger partial charge in [-0.1, -0.05) is 30.3 Å². The molecule has 0 bridgehead atoms. The highest BCUT2D eigenvalue weighted by Gasteiger charge is 2.18. The van der Waals surface area contributed by atoms with Crippen molar-refractivity contribution in [1.29, 1.82) is 0 Å². The van der Waals surface area contributed by atoms with E-state index in [1.165, 1.54) is 0 Å². The monoisotopic (exact) mass is 422 g/mol. The van der Waals surface area contributed by atoms with Gasteiger partial charge in [-0.3, -0.25) is 4.98 Å². The molecule has 1 aliphatic rings. The number of anilines is 1. The second kappa shape index (κ2) is 7.31. The Kier molecular flexibility index (Phi) is 4.18. The molecule has 0 saturated heterocycles. The highest BCUT2D eigenvalue weighted by atomic mass is 16.7. The molecule has 5 aromatic rings. The van der Waals surface area contributed by atoms with Gasteiger partial charge in [-0.25, -0.2) is 4.68 Å². The number of pyridine rings is 1. The van der Waals surface area contributed by atoms with Crippen molar-refractivity contribution in [2.24, 2.45) is 0 Å². The summed E-state index contributed by atoms with van der Waals surface area (Å²) < 4.78 is 18.6. The molecule has 32 heavy (non-hydrogen) atoms. The molecule has 7 heteroatoms. The van der Waals surface area contributed by atoms with Gasteiger partial charge in [0, 0.05) is 17.8 Å². The Labute approximate surface area is 183 Å². The smallest absolute Gasteiger partial charge is 0.231 e. The van der Waals surface area contributed by atoms with E-state index in [9.17, 15) is 0 Å². The van der Waals surface area contributed by atoms with Crippen LogP contribution in [-0.2, 0) is 0 Å². The van der Waals surface area contributed by atoms with E-state index in [0.29, 0.717) is 11.6 Å². The lowest BCUT2D eigenvalue weighted by molar-refractivity contribution is 0.174. The molecule has 0 saturated carbocycles. The van der Waals surface area contributed by atoms with Crippen molar-refractivity contribution >= 4 is 16.7 Å². The van der Waals surface area contributed by atoms with E-state index in [1.807, 2.05) is 72.8 Å². The standard InChI is InChI=1S/C25H18N4O3/c26-25-24-20(16-6-9-19(10-7-16)32-18-4-2-1-3-5-18)13-27-14-21(24)29(28-25)17-8-11-22-23(12-17)31-15-30-22/h1-14H,15H2,(H2,26,28). The van der Waals surface area contributed by atoms with Gasteiger partial charge in [0.1, 0.15) is 11.5 Å². The van der Waals surface area contributed by atoms with E-state index in [-0.39, 0.29) is 6.79 Å². The minimum atomic E-state index is 0.219. The molecule has 0 amide bonds. The number of aromatic nitrogens is 3. The fraction of sp³-hybridized carbons (Fsp3) is 0.0400. The summed E-state index contributed by atoms with van der Waals surface area (Å²) in [5.74, 6) is 3.37. The number of para-hydroxylation sites is 1. The van der Waals surface area contributed by atoms with Crippen molar-refractivity contribution in [3.63, 3.8) is 0 Å². The maximum Gasteiger partial charge on any atom is 0.231 e. The molecule has 2 N–H and O–H groups in total. The molecule has 2 aromatic heterocycles. The molecule has 0 radical (unpaired) electrons. The number of hydrogen-bond donors (Lipinski definition) is 1. The lowest BCUT2D eigenvalue weighted by Gasteiger charge is -2.08. The Morgan fingerprint density at radius 3 is 2.47 bits per heavy atom. The third-order valence-electron chi connectivity index (χ3n) is 5.36. The molecule has 0 aliphatic carbocycles. The summed E-state index contributed by atoms with van der Waals surface area (Å²) in [7, 11) is 0. The van der Waals surface area contributed by atoms with E-state index in [2.05, 4.69) is 10.1 Å². The third kappa shape index (κ3) is 3.07. The summed E-state index contributed by atoms with van der Waals surface area (Å²) >= 11 is 0. The molecule has 7 nitrogen and oxygen atoms in total. The van der Waals surface area contributed by atoms with Crippen LogP contribution in [0.15, 0.2) is 85.2 Å². The first-order valence-corrected chi connectivity index (χ1v) is 10.1. The Balaban J connectivity index is 1.39. The summed E-state index contributed by atoms with van der Waals surface area (Å²) in [6, 6.07) is 23.2. The molecule has 0 spiro atoms. The minimum Gasteiger partial charge on any atom is -0.457 e. The number of fused-ring (bicyclic) bond motifs is 2. The number of nitrogen functional groups attached to an aromatic ring is 1. The second-order valence-corrected chi connectivity index (χ2v) is 7.36. The molecular weight excluding hydrogens is 404 g/mol. The molecule has 0 atom stereocenters. The lowest BCUT2D eigenvalue weighted by atomic mass is 10.0. The van der Waals surface area contributed by atoms with Gasteiger partial charge in [-0.05, 0) is 42.0 Å². The fourth-order valence-electron chi connectivity index (χ4n) is 3.85. The van der Waals surface area contributed by atoms with Crippen LogP contribution in [0.1, 0.15) is 0 Å². The van der Waals surface area contributed by atoms with Gasteiger partial charge >= 0.3 is 0 Å². The number of ether oxygens (including phenoxy) is 3. The van der Waals surface area contributed by atoms with Gasteiger partial charge in [0.15, 0.2) is 17.3 Å². The largest absolute Gasteiger partial charge is 0.457 e. The SMILES string of the molecule is Nc1nn(-c2ccc3c(c2)OCO3)c2cncc(-c3ccc(Oc4ccccc4)cc3)c12. The molecule has 3 aromatic carbocycles. The summed E-state index contributed by atoms with van der Waals surface area (Å²) in [5.41, 5.74) is 9.86. The maximum absolute atomic E-state index is 6.36. The number of rotatable bonds is 4. The maximum atomic E-state index is 6.36. The van der Waals surface area contributed by atoms with Crippen molar-refractivity contribution in [2.45, 2.75) is 0 Å². The molecule has 156 valence electrons. The first kappa shape index (κ1) is 18.3. The van der Waals surface area contributed by atoms with E-state index < -0.39 is 0 Å². The van der Waals surface area contributed by atoms with E-state index in [0.717, 1.165) is 45.0 Å². The van der Waals surface area contributed by atoms with Gasteiger partial charge in [-0.2, -0.15) is 0 Å². The molecule has 1 aliphatic heterocycles. The fourth-order valence-corrected chi connectivity index (χ4v) is 3.85. The van der Waals surface area contributed by atoms with E-state index >= 15 is 0 Å². The zero-order valence-electron chi connectivity index (χ0n) is 16.9.